The van der Waals surface area contributed by atoms with Gasteiger partial charge in [-0.1, -0.05) is 44.2 Å². The number of benzene rings is 1. The fraction of sp³-hybridized carbons (Fsp3) is 0.462. The monoisotopic (exact) mass is 463 g/mol. The third-order valence-corrected chi connectivity index (χ3v) is 6.32. The summed E-state index contributed by atoms with van der Waals surface area (Å²) in [5.74, 6) is -0.326. The summed E-state index contributed by atoms with van der Waals surface area (Å²) in [6.07, 6.45) is 1.69. The highest BCUT2D eigenvalue weighted by Gasteiger charge is 2.42. The Bertz CT molecular complexity index is 1220. The van der Waals surface area contributed by atoms with Gasteiger partial charge in [-0.25, -0.2) is 9.50 Å². The van der Waals surface area contributed by atoms with Gasteiger partial charge in [-0.2, -0.15) is 5.10 Å². The second-order valence-electron chi connectivity index (χ2n) is 10.5. The Morgan fingerprint density at radius 1 is 1.12 bits per heavy atom. The van der Waals surface area contributed by atoms with E-state index >= 15 is 0 Å². The Morgan fingerprint density at radius 3 is 2.38 bits per heavy atom. The molecule has 1 aliphatic heterocycles. The number of carbonyl (C=O) groups excluding carboxylic acids is 2. The molecule has 1 N–H and O–H groups in total. The zero-order valence-corrected chi connectivity index (χ0v) is 20.7. The van der Waals surface area contributed by atoms with Crippen molar-refractivity contribution in [2.24, 2.45) is 0 Å². The second-order valence-corrected chi connectivity index (χ2v) is 10.5. The van der Waals surface area contributed by atoms with Crippen LogP contribution in [-0.4, -0.2) is 72.1 Å². The molecule has 0 spiro atoms. The maximum atomic E-state index is 13.6. The number of aromatic nitrogens is 3. The van der Waals surface area contributed by atoms with Gasteiger partial charge in [0.2, 0.25) is 0 Å². The first-order chi connectivity index (χ1) is 15.9. The number of hydrogen-bond donors (Lipinski definition) is 1. The van der Waals surface area contributed by atoms with E-state index in [1.54, 1.807) is 20.5 Å². The van der Waals surface area contributed by atoms with Gasteiger partial charge in [0.15, 0.2) is 5.65 Å². The van der Waals surface area contributed by atoms with Crippen LogP contribution in [0.5, 0.6) is 0 Å². The van der Waals surface area contributed by atoms with Gasteiger partial charge in [0.1, 0.15) is 11.3 Å². The molecular weight excluding hydrogens is 430 g/mol. The summed E-state index contributed by atoms with van der Waals surface area (Å²) in [5, 5.41) is 14.9. The van der Waals surface area contributed by atoms with E-state index in [2.05, 4.69) is 13.8 Å². The number of carbonyl (C=O) groups is 2. The van der Waals surface area contributed by atoms with Crippen LogP contribution in [0.15, 0.2) is 42.6 Å². The number of piperazine rings is 1. The van der Waals surface area contributed by atoms with Crippen LogP contribution in [0.4, 0.5) is 0 Å². The summed E-state index contributed by atoms with van der Waals surface area (Å²) in [5.41, 5.74) is 1.79. The molecule has 34 heavy (non-hydrogen) atoms. The predicted molar refractivity (Wildman–Crippen MR) is 131 cm³/mol. The number of amides is 2. The zero-order valence-electron chi connectivity index (χ0n) is 20.7. The van der Waals surface area contributed by atoms with Crippen LogP contribution in [0.2, 0.25) is 0 Å². The van der Waals surface area contributed by atoms with Gasteiger partial charge in [0.25, 0.3) is 11.8 Å². The Balaban J connectivity index is 1.67. The lowest BCUT2D eigenvalue weighted by Gasteiger charge is -2.47. The molecule has 2 aromatic heterocycles. The van der Waals surface area contributed by atoms with E-state index in [1.807, 2.05) is 50.2 Å². The minimum absolute atomic E-state index is 0.193. The van der Waals surface area contributed by atoms with Gasteiger partial charge in [-0.3, -0.25) is 9.59 Å². The molecule has 8 nitrogen and oxygen atoms in total. The van der Waals surface area contributed by atoms with E-state index in [9.17, 15) is 14.7 Å². The van der Waals surface area contributed by atoms with Crippen LogP contribution in [0.3, 0.4) is 0 Å². The highest BCUT2D eigenvalue weighted by molar-refractivity contribution is 5.94. The fourth-order valence-corrected chi connectivity index (χ4v) is 4.51. The molecule has 0 radical (unpaired) electrons. The Morgan fingerprint density at radius 2 is 1.79 bits per heavy atom. The van der Waals surface area contributed by atoms with Crippen LogP contribution >= 0.6 is 0 Å². The van der Waals surface area contributed by atoms with Gasteiger partial charge < -0.3 is 14.9 Å². The quantitative estimate of drug-likeness (QED) is 0.641. The smallest absolute Gasteiger partial charge is 0.274 e. The van der Waals surface area contributed by atoms with Crippen LogP contribution in [0.25, 0.3) is 16.9 Å². The summed E-state index contributed by atoms with van der Waals surface area (Å²) in [7, 11) is 0. The normalized spacial score (nSPS) is 16.4. The van der Waals surface area contributed by atoms with Crippen LogP contribution < -0.4 is 0 Å². The second kappa shape index (κ2) is 8.51. The van der Waals surface area contributed by atoms with Gasteiger partial charge in [-0.15, -0.1) is 0 Å². The molecule has 1 saturated heterocycles. The van der Waals surface area contributed by atoms with E-state index in [-0.39, 0.29) is 17.7 Å². The van der Waals surface area contributed by atoms with Crippen LogP contribution in [-0.2, 0) is 4.79 Å². The molecule has 4 rings (SSSR count). The van der Waals surface area contributed by atoms with Gasteiger partial charge in [0, 0.05) is 30.8 Å². The van der Waals surface area contributed by atoms with E-state index in [0.29, 0.717) is 31.0 Å². The summed E-state index contributed by atoms with van der Waals surface area (Å²) in [6.45, 7) is 12.1. The van der Waals surface area contributed by atoms with Crippen molar-refractivity contribution in [3.8, 4) is 11.3 Å². The minimum Gasteiger partial charge on any atom is -0.381 e. The van der Waals surface area contributed by atoms with Crippen LogP contribution in [0, 0.1) is 0 Å². The highest BCUT2D eigenvalue weighted by atomic mass is 16.3. The Kier molecular flexibility index (Phi) is 5.97. The molecule has 180 valence electrons. The van der Waals surface area contributed by atoms with Gasteiger partial charge >= 0.3 is 0 Å². The molecule has 0 bridgehead atoms. The SMILES string of the molecule is CC(C)c1cc(-c2ccccc2)nn2cc(C(=O)N3CCN(C(=O)C(C)(C)O)CC3(C)C)nc12. The minimum atomic E-state index is -1.45. The summed E-state index contributed by atoms with van der Waals surface area (Å²) < 4.78 is 1.70. The maximum Gasteiger partial charge on any atom is 0.274 e. The van der Waals surface area contributed by atoms with Crippen molar-refractivity contribution >= 4 is 17.5 Å². The molecule has 1 aliphatic rings. The molecule has 0 unspecified atom stereocenters. The maximum absolute atomic E-state index is 13.6. The number of imidazole rings is 1. The molecule has 1 fully saturated rings. The Labute approximate surface area is 200 Å². The topological polar surface area (TPSA) is 91.0 Å². The summed E-state index contributed by atoms with van der Waals surface area (Å²) in [4.78, 5) is 34.2. The first-order valence-electron chi connectivity index (χ1n) is 11.7. The van der Waals surface area contributed by atoms with Crippen molar-refractivity contribution < 1.29 is 14.7 Å². The first-order valence-corrected chi connectivity index (χ1v) is 11.7. The van der Waals surface area contributed by atoms with Crippen molar-refractivity contribution in [1.29, 1.82) is 0 Å². The average Bonchev–Trinajstić information content (AvgIpc) is 3.21. The molecule has 2 amide bonds. The number of fused-ring (bicyclic) bond motifs is 1. The number of rotatable bonds is 4. The lowest BCUT2D eigenvalue weighted by atomic mass is 9.96. The van der Waals surface area contributed by atoms with Crippen molar-refractivity contribution in [2.75, 3.05) is 19.6 Å². The van der Waals surface area contributed by atoms with Crippen molar-refractivity contribution in [3.05, 3.63) is 53.9 Å². The molecule has 0 atom stereocenters. The van der Waals surface area contributed by atoms with Crippen molar-refractivity contribution in [1.82, 2.24) is 24.4 Å². The lowest BCUT2D eigenvalue weighted by molar-refractivity contribution is -0.152. The highest BCUT2D eigenvalue weighted by Crippen LogP contribution is 2.28. The van der Waals surface area contributed by atoms with Gasteiger partial charge in [-0.05, 0) is 39.7 Å². The summed E-state index contributed by atoms with van der Waals surface area (Å²) >= 11 is 0. The third kappa shape index (κ3) is 4.42. The zero-order chi connectivity index (χ0) is 24.8. The molecule has 0 saturated carbocycles. The fourth-order valence-electron chi connectivity index (χ4n) is 4.51. The number of aliphatic hydroxyl groups is 1. The molecule has 1 aromatic carbocycles. The molecule has 0 aliphatic carbocycles. The van der Waals surface area contributed by atoms with E-state index in [0.717, 1.165) is 16.8 Å². The van der Waals surface area contributed by atoms with Crippen molar-refractivity contribution in [3.63, 3.8) is 0 Å². The van der Waals surface area contributed by atoms with Crippen LogP contribution in [0.1, 0.15) is 63.5 Å². The first kappa shape index (κ1) is 23.9. The van der Waals surface area contributed by atoms with E-state index < -0.39 is 11.1 Å². The third-order valence-electron chi connectivity index (χ3n) is 6.32. The lowest BCUT2D eigenvalue weighted by Crippen LogP contribution is -2.64. The van der Waals surface area contributed by atoms with E-state index in [4.69, 9.17) is 10.1 Å². The largest absolute Gasteiger partial charge is 0.381 e. The summed E-state index contributed by atoms with van der Waals surface area (Å²) in [6, 6.07) is 12.0. The Hall–Kier alpha value is -3.26. The average molecular weight is 464 g/mol. The number of hydrogen-bond acceptors (Lipinski definition) is 5. The predicted octanol–water partition coefficient (Wildman–Crippen LogP) is 3.35. The molecule has 3 heterocycles. The van der Waals surface area contributed by atoms with E-state index in [1.165, 1.54) is 13.8 Å². The van der Waals surface area contributed by atoms with Gasteiger partial charge in [0.05, 0.1) is 17.4 Å². The van der Waals surface area contributed by atoms with Crippen molar-refractivity contribution in [2.45, 2.75) is 58.6 Å². The molecule has 8 heteroatoms. The standard InChI is InChI=1S/C26H33N5O3/c1-17(2)19-14-20(18-10-8-7-9-11-18)28-31-15-21(27-22(19)31)23(32)30-13-12-29(16-25(30,3)4)24(33)26(5,6)34/h7-11,14-15,17,34H,12-13,16H2,1-6H3. The molecular formula is C26H33N5O3. The number of nitrogens with zero attached hydrogens (tertiary/aromatic N) is 5. The molecule has 3 aromatic rings.